The zero-order chi connectivity index (χ0) is 15.2. The summed E-state index contributed by atoms with van der Waals surface area (Å²) in [7, 11) is 0. The van der Waals surface area contributed by atoms with Gasteiger partial charge in [-0.2, -0.15) is 0 Å². The van der Waals surface area contributed by atoms with Crippen LogP contribution in [0.4, 0.5) is 5.69 Å². The Morgan fingerprint density at radius 1 is 1.14 bits per heavy atom. The lowest BCUT2D eigenvalue weighted by molar-refractivity contribution is -0.113. The van der Waals surface area contributed by atoms with Crippen molar-refractivity contribution in [3.05, 3.63) is 65.2 Å². The molecule has 0 saturated carbocycles. The Bertz CT molecular complexity index is 610. The summed E-state index contributed by atoms with van der Waals surface area (Å²) in [5.74, 6) is 0.512. The second-order valence-corrected chi connectivity index (χ2v) is 6.56. The molecule has 2 aromatic carbocycles. The van der Waals surface area contributed by atoms with Crippen molar-refractivity contribution in [2.75, 3.05) is 11.1 Å². The van der Waals surface area contributed by atoms with E-state index in [0.29, 0.717) is 11.0 Å². The van der Waals surface area contributed by atoms with Gasteiger partial charge in [0.2, 0.25) is 5.91 Å². The van der Waals surface area contributed by atoms with Crippen LogP contribution in [-0.4, -0.2) is 11.7 Å². The van der Waals surface area contributed by atoms with Gasteiger partial charge in [0.1, 0.15) is 0 Å². The van der Waals surface area contributed by atoms with Gasteiger partial charge in [-0.15, -0.1) is 11.8 Å². The minimum Gasteiger partial charge on any atom is -0.325 e. The predicted octanol–water partition coefficient (Wildman–Crippen LogP) is 4.74. The van der Waals surface area contributed by atoms with Crippen molar-refractivity contribution in [1.29, 1.82) is 0 Å². The van der Waals surface area contributed by atoms with Crippen LogP contribution in [-0.2, 0) is 4.79 Å². The number of nitrogens with one attached hydrogen (secondary N) is 1. The molecule has 0 spiro atoms. The third-order valence-corrected chi connectivity index (χ3v) is 4.59. The quantitative estimate of drug-likeness (QED) is 0.864. The van der Waals surface area contributed by atoms with Crippen molar-refractivity contribution in [1.82, 2.24) is 0 Å². The molecule has 0 radical (unpaired) electrons. The molecule has 0 saturated heterocycles. The molecule has 0 aromatic heterocycles. The number of carbonyl (C=O) groups excluding carboxylic acids is 1. The molecular formula is C18H21NOS. The van der Waals surface area contributed by atoms with Crippen LogP contribution in [0.5, 0.6) is 0 Å². The first-order valence-corrected chi connectivity index (χ1v) is 8.15. The largest absolute Gasteiger partial charge is 0.325 e. The molecule has 0 bridgehead atoms. The topological polar surface area (TPSA) is 29.1 Å². The van der Waals surface area contributed by atoms with E-state index >= 15 is 0 Å². The lowest BCUT2D eigenvalue weighted by atomic mass is 10.1. The van der Waals surface area contributed by atoms with E-state index in [0.717, 1.165) is 11.3 Å². The molecule has 110 valence electrons. The van der Waals surface area contributed by atoms with Crippen molar-refractivity contribution < 1.29 is 4.79 Å². The summed E-state index contributed by atoms with van der Waals surface area (Å²) < 4.78 is 0. The van der Waals surface area contributed by atoms with Crippen LogP contribution >= 0.6 is 11.8 Å². The number of benzene rings is 2. The van der Waals surface area contributed by atoms with Crippen molar-refractivity contribution in [2.45, 2.75) is 26.0 Å². The predicted molar refractivity (Wildman–Crippen MR) is 91.9 cm³/mol. The van der Waals surface area contributed by atoms with E-state index in [2.05, 4.69) is 37.4 Å². The molecule has 0 aliphatic carbocycles. The third kappa shape index (κ3) is 4.64. The fourth-order valence-electron chi connectivity index (χ4n) is 2.16. The summed E-state index contributed by atoms with van der Waals surface area (Å²) in [6.07, 6.45) is 0. The molecule has 21 heavy (non-hydrogen) atoms. The van der Waals surface area contributed by atoms with Crippen molar-refractivity contribution in [3.63, 3.8) is 0 Å². The van der Waals surface area contributed by atoms with Crippen LogP contribution in [0.1, 0.15) is 28.9 Å². The van der Waals surface area contributed by atoms with Crippen LogP contribution in [0.3, 0.4) is 0 Å². The molecule has 3 heteroatoms. The maximum absolute atomic E-state index is 12.1. The van der Waals surface area contributed by atoms with E-state index < -0.39 is 0 Å². The summed E-state index contributed by atoms with van der Waals surface area (Å²) >= 11 is 1.65. The Hall–Kier alpha value is -1.74. The second kappa shape index (κ2) is 7.32. The Morgan fingerprint density at radius 2 is 1.86 bits per heavy atom. The molecule has 0 unspecified atom stereocenters. The molecular weight excluding hydrogens is 278 g/mol. The number of thioether (sulfide) groups is 1. The first-order valence-electron chi connectivity index (χ1n) is 7.10. The van der Waals surface area contributed by atoms with Gasteiger partial charge in [0.05, 0.1) is 5.75 Å². The van der Waals surface area contributed by atoms with E-state index in [1.54, 1.807) is 11.8 Å². The van der Waals surface area contributed by atoms with Crippen molar-refractivity contribution >= 4 is 23.4 Å². The number of aryl methyl sites for hydroxylation is 2. The number of anilines is 1. The lowest BCUT2D eigenvalue weighted by Gasteiger charge is -2.12. The van der Waals surface area contributed by atoms with Gasteiger partial charge in [-0.25, -0.2) is 0 Å². The molecule has 0 aliphatic heterocycles. The molecule has 2 nitrogen and oxygen atoms in total. The van der Waals surface area contributed by atoms with Gasteiger partial charge in [0.15, 0.2) is 0 Å². The minimum atomic E-state index is 0.0507. The molecule has 0 heterocycles. The number of rotatable bonds is 5. The van der Waals surface area contributed by atoms with Crippen molar-refractivity contribution in [2.24, 2.45) is 0 Å². The lowest BCUT2D eigenvalue weighted by Crippen LogP contribution is -2.15. The minimum absolute atomic E-state index is 0.0507. The molecule has 2 rings (SSSR count). The number of amides is 1. The first kappa shape index (κ1) is 15.6. The normalized spacial score (nSPS) is 12.0. The van der Waals surface area contributed by atoms with Gasteiger partial charge < -0.3 is 5.32 Å². The van der Waals surface area contributed by atoms with Crippen LogP contribution in [0.15, 0.2) is 48.5 Å². The molecule has 1 N–H and O–H groups in total. The summed E-state index contributed by atoms with van der Waals surface area (Å²) in [6.45, 7) is 6.20. The van der Waals surface area contributed by atoms with Gasteiger partial charge in [0.25, 0.3) is 0 Å². The van der Waals surface area contributed by atoms with Gasteiger partial charge in [-0.3, -0.25) is 4.79 Å². The van der Waals surface area contributed by atoms with E-state index in [4.69, 9.17) is 0 Å². The zero-order valence-electron chi connectivity index (χ0n) is 12.7. The third-order valence-electron chi connectivity index (χ3n) is 3.39. The van der Waals surface area contributed by atoms with Gasteiger partial charge >= 0.3 is 0 Å². The first-order chi connectivity index (χ1) is 10.1. The SMILES string of the molecule is Cc1ccc(NC(=O)CS[C@H](C)c2ccccc2)c(C)c1. The average molecular weight is 299 g/mol. The van der Waals surface area contributed by atoms with Crippen LogP contribution < -0.4 is 5.32 Å². The highest BCUT2D eigenvalue weighted by Gasteiger charge is 2.10. The highest BCUT2D eigenvalue weighted by molar-refractivity contribution is 8.00. The van der Waals surface area contributed by atoms with Gasteiger partial charge in [-0.05, 0) is 38.0 Å². The molecule has 0 fully saturated rings. The standard InChI is InChI=1S/C18H21NOS/c1-13-9-10-17(14(2)11-13)19-18(20)12-21-15(3)16-7-5-4-6-8-16/h4-11,15H,12H2,1-3H3,(H,19,20)/t15-/m1/s1. The Balaban J connectivity index is 1.87. The maximum atomic E-state index is 12.1. The Labute approximate surface area is 131 Å². The maximum Gasteiger partial charge on any atom is 0.234 e. The Kier molecular flexibility index (Phi) is 5.45. The molecule has 1 atom stereocenters. The monoisotopic (exact) mass is 299 g/mol. The second-order valence-electron chi connectivity index (χ2n) is 5.23. The van der Waals surface area contributed by atoms with Crippen molar-refractivity contribution in [3.8, 4) is 0 Å². The van der Waals surface area contributed by atoms with Gasteiger partial charge in [-0.1, -0.05) is 48.0 Å². The fourth-order valence-corrected chi connectivity index (χ4v) is 2.98. The van der Waals surface area contributed by atoms with Crippen LogP contribution in [0.2, 0.25) is 0 Å². The molecule has 0 aliphatic rings. The summed E-state index contributed by atoms with van der Waals surface area (Å²) in [5.41, 5.74) is 4.46. The number of carbonyl (C=O) groups is 1. The van der Waals surface area contributed by atoms with Crippen LogP contribution in [0, 0.1) is 13.8 Å². The summed E-state index contributed by atoms with van der Waals surface area (Å²) in [5, 5.41) is 3.30. The number of hydrogen-bond acceptors (Lipinski definition) is 2. The fraction of sp³-hybridized carbons (Fsp3) is 0.278. The van der Waals surface area contributed by atoms with Gasteiger partial charge in [0, 0.05) is 10.9 Å². The smallest absolute Gasteiger partial charge is 0.234 e. The molecule has 1 amide bonds. The Morgan fingerprint density at radius 3 is 2.52 bits per heavy atom. The summed E-state index contributed by atoms with van der Waals surface area (Å²) in [6, 6.07) is 16.3. The summed E-state index contributed by atoms with van der Waals surface area (Å²) in [4.78, 5) is 12.1. The average Bonchev–Trinajstić information content (AvgIpc) is 2.48. The highest BCUT2D eigenvalue weighted by atomic mass is 32.2. The highest BCUT2D eigenvalue weighted by Crippen LogP contribution is 2.27. The molecule has 2 aromatic rings. The number of hydrogen-bond donors (Lipinski definition) is 1. The van der Waals surface area contributed by atoms with E-state index in [-0.39, 0.29) is 5.91 Å². The zero-order valence-corrected chi connectivity index (χ0v) is 13.5. The van der Waals surface area contributed by atoms with E-state index in [9.17, 15) is 4.79 Å². The van der Waals surface area contributed by atoms with Crippen LogP contribution in [0.25, 0.3) is 0 Å². The van der Waals surface area contributed by atoms with E-state index in [1.165, 1.54) is 11.1 Å². The van der Waals surface area contributed by atoms with E-state index in [1.807, 2.05) is 37.3 Å².